The number of hydrogen-bond acceptors (Lipinski definition) is 8. The standard InChI is InChI=1S/C15H17N7OS2/c1-21(2)11-6-4-10(5-7-11)13-18-20-15(22(13)3)24-8-12(23)17-14-19-16-9-25-14/h4-7,9H,8H2,1-3H3,(H,17,19,23). The smallest absolute Gasteiger partial charge is 0.236 e. The zero-order chi connectivity index (χ0) is 17.8. The number of amides is 1. The molecule has 3 rings (SSSR count). The van der Waals surface area contributed by atoms with Gasteiger partial charge in [0.15, 0.2) is 11.0 Å². The van der Waals surface area contributed by atoms with Crippen LogP contribution in [0.25, 0.3) is 11.4 Å². The molecule has 0 atom stereocenters. The number of carbonyl (C=O) groups is 1. The van der Waals surface area contributed by atoms with Crippen LogP contribution in [0.2, 0.25) is 0 Å². The Balaban J connectivity index is 1.65. The van der Waals surface area contributed by atoms with Crippen LogP contribution in [0.5, 0.6) is 0 Å². The SMILES string of the molecule is CN(C)c1ccc(-c2nnc(SCC(=O)Nc3nncs3)n2C)cc1. The van der Waals surface area contributed by atoms with Crippen molar-refractivity contribution >= 4 is 39.8 Å². The number of aromatic nitrogens is 5. The van der Waals surface area contributed by atoms with Gasteiger partial charge < -0.3 is 9.47 Å². The predicted molar refractivity (Wildman–Crippen MR) is 100 cm³/mol. The van der Waals surface area contributed by atoms with Gasteiger partial charge in [0.25, 0.3) is 0 Å². The molecule has 10 heteroatoms. The third kappa shape index (κ3) is 4.15. The van der Waals surface area contributed by atoms with Gasteiger partial charge in [0, 0.05) is 32.4 Å². The highest BCUT2D eigenvalue weighted by Gasteiger charge is 2.13. The predicted octanol–water partition coefficient (Wildman–Crippen LogP) is 2.13. The van der Waals surface area contributed by atoms with Crippen LogP contribution in [-0.2, 0) is 11.8 Å². The van der Waals surface area contributed by atoms with Gasteiger partial charge in [0.1, 0.15) is 5.51 Å². The van der Waals surface area contributed by atoms with Gasteiger partial charge in [0.05, 0.1) is 5.75 Å². The lowest BCUT2D eigenvalue weighted by molar-refractivity contribution is -0.113. The van der Waals surface area contributed by atoms with E-state index < -0.39 is 0 Å². The molecule has 0 unspecified atom stereocenters. The molecule has 1 amide bonds. The lowest BCUT2D eigenvalue weighted by Crippen LogP contribution is -2.14. The van der Waals surface area contributed by atoms with E-state index in [4.69, 9.17) is 0 Å². The molecule has 0 spiro atoms. The Kier molecular flexibility index (Phi) is 5.29. The van der Waals surface area contributed by atoms with Crippen molar-refractivity contribution in [2.75, 3.05) is 30.1 Å². The van der Waals surface area contributed by atoms with Crippen LogP contribution >= 0.6 is 23.1 Å². The summed E-state index contributed by atoms with van der Waals surface area (Å²) in [6.45, 7) is 0. The maximum Gasteiger partial charge on any atom is 0.236 e. The largest absolute Gasteiger partial charge is 0.378 e. The van der Waals surface area contributed by atoms with Crippen LogP contribution in [-0.4, -0.2) is 50.7 Å². The molecule has 8 nitrogen and oxygen atoms in total. The molecule has 130 valence electrons. The lowest BCUT2D eigenvalue weighted by Gasteiger charge is -2.12. The number of benzene rings is 1. The first kappa shape index (κ1) is 17.4. The summed E-state index contributed by atoms with van der Waals surface area (Å²) in [5.74, 6) is 0.837. The van der Waals surface area contributed by atoms with Gasteiger partial charge >= 0.3 is 0 Å². The Morgan fingerprint density at radius 1 is 1.24 bits per heavy atom. The molecule has 1 aromatic carbocycles. The van der Waals surface area contributed by atoms with E-state index in [-0.39, 0.29) is 11.7 Å². The van der Waals surface area contributed by atoms with Gasteiger partial charge in [-0.25, -0.2) is 0 Å². The van der Waals surface area contributed by atoms with Gasteiger partial charge in [-0.15, -0.1) is 20.4 Å². The fourth-order valence-corrected chi connectivity index (χ4v) is 3.29. The topological polar surface area (TPSA) is 88.8 Å². The third-order valence-corrected chi connectivity index (χ3v) is 5.04. The quantitative estimate of drug-likeness (QED) is 0.660. The van der Waals surface area contributed by atoms with Crippen LogP contribution in [0.4, 0.5) is 10.8 Å². The Morgan fingerprint density at radius 3 is 2.64 bits per heavy atom. The van der Waals surface area contributed by atoms with E-state index in [1.54, 1.807) is 5.51 Å². The molecule has 0 bridgehead atoms. The van der Waals surface area contributed by atoms with Crippen molar-refractivity contribution in [3.8, 4) is 11.4 Å². The molecule has 1 N–H and O–H groups in total. The van der Waals surface area contributed by atoms with Crippen molar-refractivity contribution < 1.29 is 4.79 Å². The van der Waals surface area contributed by atoms with Crippen LogP contribution < -0.4 is 10.2 Å². The minimum atomic E-state index is -0.151. The Hall–Kier alpha value is -2.46. The normalized spacial score (nSPS) is 10.7. The number of nitrogens with zero attached hydrogens (tertiary/aromatic N) is 6. The fraction of sp³-hybridized carbons (Fsp3) is 0.267. The molecular weight excluding hydrogens is 358 g/mol. The minimum Gasteiger partial charge on any atom is -0.378 e. The summed E-state index contributed by atoms with van der Waals surface area (Å²) in [5, 5.41) is 19.7. The number of nitrogens with one attached hydrogen (secondary N) is 1. The molecule has 2 aromatic heterocycles. The molecule has 2 heterocycles. The van der Waals surface area contributed by atoms with E-state index in [1.807, 2.05) is 54.9 Å². The van der Waals surface area contributed by atoms with E-state index in [1.165, 1.54) is 23.1 Å². The molecular formula is C15H17N7OS2. The number of thioether (sulfide) groups is 1. The second-order valence-electron chi connectivity index (χ2n) is 5.39. The second kappa shape index (κ2) is 7.62. The van der Waals surface area contributed by atoms with Gasteiger partial charge in [-0.1, -0.05) is 23.1 Å². The molecule has 0 fully saturated rings. The Bertz CT molecular complexity index is 843. The van der Waals surface area contributed by atoms with E-state index in [0.717, 1.165) is 17.1 Å². The van der Waals surface area contributed by atoms with Gasteiger partial charge in [-0.05, 0) is 24.3 Å². The van der Waals surface area contributed by atoms with Crippen molar-refractivity contribution in [3.63, 3.8) is 0 Å². The highest BCUT2D eigenvalue weighted by molar-refractivity contribution is 7.99. The summed E-state index contributed by atoms with van der Waals surface area (Å²) >= 11 is 2.61. The summed E-state index contributed by atoms with van der Waals surface area (Å²) in [7, 11) is 5.89. The van der Waals surface area contributed by atoms with E-state index in [9.17, 15) is 4.79 Å². The average Bonchev–Trinajstić information content (AvgIpc) is 3.23. The molecule has 0 saturated heterocycles. The van der Waals surface area contributed by atoms with Crippen LogP contribution in [0.3, 0.4) is 0 Å². The van der Waals surface area contributed by atoms with Crippen molar-refractivity contribution in [1.29, 1.82) is 0 Å². The van der Waals surface area contributed by atoms with Crippen LogP contribution in [0, 0.1) is 0 Å². The zero-order valence-electron chi connectivity index (χ0n) is 14.0. The first-order valence-corrected chi connectivity index (χ1v) is 9.27. The average molecular weight is 375 g/mol. The van der Waals surface area contributed by atoms with Crippen molar-refractivity contribution in [2.24, 2.45) is 7.05 Å². The first-order chi connectivity index (χ1) is 12.0. The molecule has 0 saturated carbocycles. The van der Waals surface area contributed by atoms with Gasteiger partial charge in [-0.3, -0.25) is 10.1 Å². The summed E-state index contributed by atoms with van der Waals surface area (Å²) in [5.41, 5.74) is 3.67. The van der Waals surface area contributed by atoms with Gasteiger partial charge in [-0.2, -0.15) is 0 Å². The number of hydrogen-bond donors (Lipinski definition) is 1. The van der Waals surface area contributed by atoms with E-state index in [0.29, 0.717) is 10.3 Å². The monoisotopic (exact) mass is 375 g/mol. The maximum absolute atomic E-state index is 11.9. The van der Waals surface area contributed by atoms with E-state index >= 15 is 0 Å². The zero-order valence-corrected chi connectivity index (χ0v) is 15.6. The molecule has 25 heavy (non-hydrogen) atoms. The fourth-order valence-electron chi connectivity index (χ4n) is 2.11. The number of carbonyl (C=O) groups excluding carboxylic acids is 1. The molecule has 0 aliphatic rings. The van der Waals surface area contributed by atoms with Gasteiger partial charge in [0.2, 0.25) is 11.0 Å². The maximum atomic E-state index is 11.9. The highest BCUT2D eigenvalue weighted by Crippen LogP contribution is 2.24. The van der Waals surface area contributed by atoms with Crippen LogP contribution in [0.1, 0.15) is 0 Å². The molecule has 0 radical (unpaired) electrons. The Morgan fingerprint density at radius 2 is 2.00 bits per heavy atom. The summed E-state index contributed by atoms with van der Waals surface area (Å²) in [6, 6.07) is 8.09. The van der Waals surface area contributed by atoms with Crippen molar-refractivity contribution in [2.45, 2.75) is 5.16 Å². The van der Waals surface area contributed by atoms with Crippen molar-refractivity contribution in [1.82, 2.24) is 25.0 Å². The molecule has 3 aromatic rings. The number of rotatable bonds is 6. The summed E-state index contributed by atoms with van der Waals surface area (Å²) in [6.07, 6.45) is 0. The summed E-state index contributed by atoms with van der Waals surface area (Å²) < 4.78 is 1.88. The molecule has 0 aliphatic carbocycles. The molecule has 0 aliphatic heterocycles. The van der Waals surface area contributed by atoms with Crippen molar-refractivity contribution in [3.05, 3.63) is 29.8 Å². The lowest BCUT2D eigenvalue weighted by atomic mass is 10.2. The highest BCUT2D eigenvalue weighted by atomic mass is 32.2. The second-order valence-corrected chi connectivity index (χ2v) is 7.16. The number of anilines is 2. The Labute approximate surface area is 153 Å². The van der Waals surface area contributed by atoms with Crippen LogP contribution in [0.15, 0.2) is 34.9 Å². The first-order valence-electron chi connectivity index (χ1n) is 7.40. The third-order valence-electron chi connectivity index (χ3n) is 3.42. The minimum absolute atomic E-state index is 0.151. The van der Waals surface area contributed by atoms with E-state index in [2.05, 4.69) is 25.7 Å². The summed E-state index contributed by atoms with van der Waals surface area (Å²) in [4.78, 5) is 14.0.